The minimum absolute atomic E-state index is 0.129. The van der Waals surface area contributed by atoms with Crippen LogP contribution in [0.2, 0.25) is 0 Å². The molecule has 0 aliphatic rings. The number of nitrogens with one attached hydrogen (secondary N) is 1. The summed E-state index contributed by atoms with van der Waals surface area (Å²) in [6.07, 6.45) is 2.04. The van der Waals surface area contributed by atoms with Gasteiger partial charge in [-0.05, 0) is 23.8 Å². The Balaban J connectivity index is 1.72. The first-order chi connectivity index (χ1) is 11.6. The van der Waals surface area contributed by atoms with Crippen LogP contribution < -0.4 is 5.32 Å². The molecule has 1 N–H and O–H groups in total. The van der Waals surface area contributed by atoms with Crippen LogP contribution in [-0.2, 0) is 19.3 Å². The average molecular weight is 348 g/mol. The van der Waals surface area contributed by atoms with E-state index in [0.717, 1.165) is 30.4 Å². The Kier molecular flexibility index (Phi) is 7.18. The van der Waals surface area contributed by atoms with Gasteiger partial charge in [0.2, 0.25) is 0 Å². The summed E-state index contributed by atoms with van der Waals surface area (Å²) in [5.74, 6) is 2.32. The standard InChI is InChI=1S/C18H25FN4S/c1-20-18(23(3)13-16-8-6-11-22(16)2)21-10-12-24-14-15-7-4-5-9-17(15)19/h4-9,11H,10,12-14H2,1-3H3,(H,20,21). The predicted molar refractivity (Wildman–Crippen MR) is 101 cm³/mol. The molecule has 1 aromatic carbocycles. The van der Waals surface area contributed by atoms with Crippen molar-refractivity contribution in [2.24, 2.45) is 12.0 Å². The lowest BCUT2D eigenvalue weighted by Crippen LogP contribution is -2.39. The molecule has 0 aliphatic heterocycles. The fourth-order valence-corrected chi connectivity index (χ4v) is 3.24. The fourth-order valence-electron chi connectivity index (χ4n) is 2.40. The molecule has 0 bridgehead atoms. The number of halogens is 1. The molecule has 0 atom stereocenters. The maximum atomic E-state index is 13.5. The summed E-state index contributed by atoms with van der Waals surface area (Å²) in [6.45, 7) is 1.59. The second kappa shape index (κ2) is 9.37. The van der Waals surface area contributed by atoms with E-state index in [-0.39, 0.29) is 5.82 Å². The highest BCUT2D eigenvalue weighted by molar-refractivity contribution is 7.98. The van der Waals surface area contributed by atoms with Crippen LogP contribution in [0.25, 0.3) is 0 Å². The monoisotopic (exact) mass is 348 g/mol. The van der Waals surface area contributed by atoms with Crippen molar-refractivity contribution in [3.8, 4) is 0 Å². The van der Waals surface area contributed by atoms with Gasteiger partial charge in [-0.3, -0.25) is 4.99 Å². The quantitative estimate of drug-likeness (QED) is 0.474. The molecule has 0 fully saturated rings. The third kappa shape index (κ3) is 5.30. The van der Waals surface area contributed by atoms with Crippen molar-refractivity contribution in [3.05, 3.63) is 59.7 Å². The van der Waals surface area contributed by atoms with Crippen molar-refractivity contribution < 1.29 is 4.39 Å². The molecule has 0 spiro atoms. The van der Waals surface area contributed by atoms with Gasteiger partial charge in [-0.1, -0.05) is 18.2 Å². The van der Waals surface area contributed by atoms with E-state index in [4.69, 9.17) is 0 Å². The normalized spacial score (nSPS) is 11.6. The molecule has 24 heavy (non-hydrogen) atoms. The maximum Gasteiger partial charge on any atom is 0.193 e. The predicted octanol–water partition coefficient (Wildman–Crippen LogP) is 3.10. The zero-order valence-electron chi connectivity index (χ0n) is 14.5. The maximum absolute atomic E-state index is 13.5. The van der Waals surface area contributed by atoms with Crippen molar-refractivity contribution in [2.45, 2.75) is 12.3 Å². The van der Waals surface area contributed by atoms with Gasteiger partial charge in [0.15, 0.2) is 5.96 Å². The van der Waals surface area contributed by atoms with Crippen molar-refractivity contribution in [3.63, 3.8) is 0 Å². The first kappa shape index (κ1) is 18.4. The van der Waals surface area contributed by atoms with E-state index in [1.807, 2.05) is 38.5 Å². The number of aromatic nitrogens is 1. The van der Waals surface area contributed by atoms with Gasteiger partial charge >= 0.3 is 0 Å². The second-order valence-electron chi connectivity index (χ2n) is 5.58. The zero-order chi connectivity index (χ0) is 17.4. The number of thioether (sulfide) groups is 1. The zero-order valence-corrected chi connectivity index (χ0v) is 15.3. The Labute approximate surface area is 147 Å². The summed E-state index contributed by atoms with van der Waals surface area (Å²) >= 11 is 1.71. The molecule has 6 heteroatoms. The van der Waals surface area contributed by atoms with Crippen LogP contribution in [0.5, 0.6) is 0 Å². The van der Waals surface area contributed by atoms with Gasteiger partial charge in [-0.2, -0.15) is 11.8 Å². The summed E-state index contributed by atoms with van der Waals surface area (Å²) in [4.78, 5) is 6.42. The molecule has 0 unspecified atom stereocenters. The van der Waals surface area contributed by atoms with E-state index < -0.39 is 0 Å². The summed E-state index contributed by atoms with van der Waals surface area (Å²) < 4.78 is 15.6. The van der Waals surface area contributed by atoms with Crippen LogP contribution in [0.3, 0.4) is 0 Å². The highest BCUT2D eigenvalue weighted by Gasteiger charge is 2.08. The lowest BCUT2D eigenvalue weighted by molar-refractivity contribution is 0.464. The fraction of sp³-hybridized carbons (Fsp3) is 0.389. The summed E-state index contributed by atoms with van der Waals surface area (Å²) in [5.41, 5.74) is 1.99. The summed E-state index contributed by atoms with van der Waals surface area (Å²) in [7, 11) is 5.85. The number of aliphatic imine (C=N–C) groups is 1. The molecule has 4 nitrogen and oxygen atoms in total. The van der Waals surface area contributed by atoms with Crippen molar-refractivity contribution in [1.29, 1.82) is 0 Å². The Morgan fingerprint density at radius 3 is 2.75 bits per heavy atom. The Bertz CT molecular complexity index is 669. The second-order valence-corrected chi connectivity index (χ2v) is 6.69. The van der Waals surface area contributed by atoms with Gasteiger partial charge in [-0.25, -0.2) is 4.39 Å². The van der Waals surface area contributed by atoms with E-state index in [1.165, 1.54) is 11.8 Å². The summed E-state index contributed by atoms with van der Waals surface area (Å²) in [6, 6.07) is 11.1. The molecule has 1 aromatic heterocycles. The van der Waals surface area contributed by atoms with Crippen molar-refractivity contribution in [2.75, 3.05) is 26.4 Å². The first-order valence-electron chi connectivity index (χ1n) is 7.95. The van der Waals surface area contributed by atoms with E-state index in [9.17, 15) is 4.39 Å². The van der Waals surface area contributed by atoms with E-state index in [0.29, 0.717) is 5.75 Å². The van der Waals surface area contributed by atoms with Crippen molar-refractivity contribution >= 4 is 17.7 Å². The molecule has 0 saturated heterocycles. The molecule has 0 aliphatic carbocycles. The Hall–Kier alpha value is -1.95. The minimum atomic E-state index is -0.129. The molecular formula is C18H25FN4S. The lowest BCUT2D eigenvalue weighted by atomic mass is 10.2. The minimum Gasteiger partial charge on any atom is -0.355 e. The van der Waals surface area contributed by atoms with Gasteiger partial charge in [0, 0.05) is 51.1 Å². The number of nitrogens with zero attached hydrogens (tertiary/aromatic N) is 3. The molecule has 130 valence electrons. The highest BCUT2D eigenvalue weighted by atomic mass is 32.2. The smallest absolute Gasteiger partial charge is 0.193 e. The molecule has 1 heterocycles. The van der Waals surface area contributed by atoms with Gasteiger partial charge in [0.1, 0.15) is 5.82 Å². The number of hydrogen-bond acceptors (Lipinski definition) is 2. The SMILES string of the molecule is CN=C(NCCSCc1ccccc1F)N(C)Cc1cccn1C. The molecule has 0 saturated carbocycles. The van der Waals surface area contributed by atoms with Crippen LogP contribution in [0.15, 0.2) is 47.6 Å². The molecule has 2 aromatic rings. The van der Waals surface area contributed by atoms with Crippen LogP contribution in [0, 0.1) is 5.82 Å². The molecule has 2 rings (SSSR count). The van der Waals surface area contributed by atoms with E-state index in [1.54, 1.807) is 24.9 Å². The number of hydrogen-bond donors (Lipinski definition) is 1. The van der Waals surface area contributed by atoms with Crippen molar-refractivity contribution in [1.82, 2.24) is 14.8 Å². The van der Waals surface area contributed by atoms with Gasteiger partial charge in [0.25, 0.3) is 0 Å². The van der Waals surface area contributed by atoms with Crippen LogP contribution >= 0.6 is 11.8 Å². The number of benzene rings is 1. The highest BCUT2D eigenvalue weighted by Crippen LogP contribution is 2.14. The van der Waals surface area contributed by atoms with E-state index in [2.05, 4.69) is 25.8 Å². The van der Waals surface area contributed by atoms with Crippen LogP contribution in [0.1, 0.15) is 11.3 Å². The Morgan fingerprint density at radius 2 is 2.08 bits per heavy atom. The molecule has 0 radical (unpaired) electrons. The topological polar surface area (TPSA) is 32.6 Å². The number of aryl methyl sites for hydroxylation is 1. The molecule has 0 amide bonds. The van der Waals surface area contributed by atoms with Gasteiger partial charge in [-0.15, -0.1) is 0 Å². The summed E-state index contributed by atoms with van der Waals surface area (Å²) in [5, 5.41) is 3.35. The average Bonchev–Trinajstić information content (AvgIpc) is 2.97. The molecular weight excluding hydrogens is 323 g/mol. The third-order valence-electron chi connectivity index (χ3n) is 3.77. The third-order valence-corrected chi connectivity index (χ3v) is 4.78. The van der Waals surface area contributed by atoms with E-state index >= 15 is 0 Å². The van der Waals surface area contributed by atoms with Gasteiger partial charge < -0.3 is 14.8 Å². The number of rotatable bonds is 7. The lowest BCUT2D eigenvalue weighted by Gasteiger charge is -2.22. The van der Waals surface area contributed by atoms with Gasteiger partial charge in [0.05, 0.1) is 6.54 Å². The van der Waals surface area contributed by atoms with Crippen LogP contribution in [-0.4, -0.2) is 41.8 Å². The Morgan fingerprint density at radius 1 is 1.29 bits per heavy atom. The number of guanidine groups is 1. The first-order valence-corrected chi connectivity index (χ1v) is 9.10. The van der Waals surface area contributed by atoms with Crippen LogP contribution in [0.4, 0.5) is 4.39 Å². The largest absolute Gasteiger partial charge is 0.355 e.